The van der Waals surface area contributed by atoms with Crippen LogP contribution in [0, 0.1) is 0 Å². The number of phenolic OH excluding ortho intramolecular Hbond substituents is 1. The van der Waals surface area contributed by atoms with Crippen LogP contribution < -0.4 is 5.73 Å². The predicted octanol–water partition coefficient (Wildman–Crippen LogP) is 0.859. The highest BCUT2D eigenvalue weighted by atomic mass is 19.1. The Morgan fingerprint density at radius 2 is 2.12 bits per heavy atom. The molecule has 0 fully saturated rings. The molecule has 0 radical (unpaired) electrons. The molecule has 1 rings (SSSR count). The molecule has 0 unspecified atom stereocenters. The molecule has 0 aromatic heterocycles. The van der Waals surface area contributed by atoms with Gasteiger partial charge >= 0.3 is 5.97 Å². The van der Waals surface area contributed by atoms with Gasteiger partial charge in [-0.2, -0.15) is 0 Å². The predicted molar refractivity (Wildman–Crippen MR) is 57.1 cm³/mol. The van der Waals surface area contributed by atoms with Crippen molar-refractivity contribution in [3.63, 3.8) is 0 Å². The van der Waals surface area contributed by atoms with Gasteiger partial charge < -0.3 is 15.9 Å². The number of aromatic hydroxyl groups is 1. The summed E-state index contributed by atoms with van der Waals surface area (Å²) in [5.74, 6) is -1.06. The third-order valence-electron chi connectivity index (χ3n) is 2.31. The van der Waals surface area contributed by atoms with Gasteiger partial charge in [0.1, 0.15) is 11.8 Å². The number of phenols is 1. The van der Waals surface area contributed by atoms with Crippen LogP contribution in [0.15, 0.2) is 18.2 Å². The van der Waals surface area contributed by atoms with Gasteiger partial charge in [-0.15, -0.1) is 0 Å². The second-order valence-electron chi connectivity index (χ2n) is 3.54. The number of rotatable bonds is 5. The number of alkyl halides is 1. The monoisotopic (exact) mass is 227 g/mol. The molecule has 0 aliphatic heterocycles. The van der Waals surface area contributed by atoms with Crippen molar-refractivity contribution < 1.29 is 19.4 Å². The van der Waals surface area contributed by atoms with Crippen molar-refractivity contribution in [1.29, 1.82) is 0 Å². The second-order valence-corrected chi connectivity index (χ2v) is 3.54. The molecular weight excluding hydrogens is 213 g/mol. The molecule has 1 aromatic rings. The number of aryl methyl sites for hydroxylation is 1. The molecule has 0 aliphatic rings. The smallest absolute Gasteiger partial charge is 0.320 e. The number of aliphatic carboxylic acids is 1. The maximum absolute atomic E-state index is 12.3. The Kier molecular flexibility index (Phi) is 4.25. The molecule has 0 bridgehead atoms. The molecule has 5 heteroatoms. The highest BCUT2D eigenvalue weighted by Gasteiger charge is 2.14. The largest absolute Gasteiger partial charge is 0.508 e. The summed E-state index contributed by atoms with van der Waals surface area (Å²) in [7, 11) is 0. The van der Waals surface area contributed by atoms with Crippen molar-refractivity contribution in [2.45, 2.75) is 18.9 Å². The van der Waals surface area contributed by atoms with Gasteiger partial charge in [0.15, 0.2) is 0 Å². The van der Waals surface area contributed by atoms with Crippen molar-refractivity contribution in [3.8, 4) is 5.75 Å². The van der Waals surface area contributed by atoms with Crippen LogP contribution in [0.4, 0.5) is 4.39 Å². The van der Waals surface area contributed by atoms with Gasteiger partial charge in [-0.25, -0.2) is 0 Å². The van der Waals surface area contributed by atoms with E-state index in [0.29, 0.717) is 11.1 Å². The van der Waals surface area contributed by atoms with Crippen molar-refractivity contribution >= 4 is 5.97 Å². The minimum absolute atomic E-state index is 0.0381. The molecule has 0 amide bonds. The molecule has 4 N–H and O–H groups in total. The zero-order valence-corrected chi connectivity index (χ0v) is 8.69. The summed E-state index contributed by atoms with van der Waals surface area (Å²) in [6, 6.07) is 3.43. The Hall–Kier alpha value is -1.62. The first-order chi connectivity index (χ1) is 7.54. The third-order valence-corrected chi connectivity index (χ3v) is 2.31. The minimum atomic E-state index is -1.10. The number of carbonyl (C=O) groups is 1. The van der Waals surface area contributed by atoms with Crippen molar-refractivity contribution in [2.24, 2.45) is 5.73 Å². The molecule has 88 valence electrons. The fourth-order valence-corrected chi connectivity index (χ4v) is 1.47. The van der Waals surface area contributed by atoms with Crippen LogP contribution in [-0.2, 0) is 17.6 Å². The van der Waals surface area contributed by atoms with Crippen molar-refractivity contribution in [3.05, 3.63) is 29.3 Å². The van der Waals surface area contributed by atoms with E-state index in [-0.39, 0.29) is 18.6 Å². The van der Waals surface area contributed by atoms with Gasteiger partial charge in [0.2, 0.25) is 0 Å². The minimum Gasteiger partial charge on any atom is -0.508 e. The average molecular weight is 227 g/mol. The Morgan fingerprint density at radius 3 is 2.69 bits per heavy atom. The Labute approximate surface area is 92.5 Å². The van der Waals surface area contributed by atoms with E-state index in [0.717, 1.165) is 0 Å². The quantitative estimate of drug-likeness (QED) is 0.696. The van der Waals surface area contributed by atoms with Crippen LogP contribution in [0.5, 0.6) is 5.75 Å². The summed E-state index contributed by atoms with van der Waals surface area (Å²) >= 11 is 0. The molecule has 1 aromatic carbocycles. The SMILES string of the molecule is N[C@H](Cc1ccc(O)cc1CCF)C(=O)O. The lowest BCUT2D eigenvalue weighted by Gasteiger charge is -2.11. The Morgan fingerprint density at radius 1 is 1.44 bits per heavy atom. The number of carboxylic acid groups (broad SMARTS) is 1. The Bertz CT molecular complexity index is 381. The first-order valence-corrected chi connectivity index (χ1v) is 4.89. The van der Waals surface area contributed by atoms with E-state index < -0.39 is 18.7 Å². The number of halogens is 1. The molecule has 0 aliphatic carbocycles. The molecule has 0 heterocycles. The number of benzene rings is 1. The maximum Gasteiger partial charge on any atom is 0.320 e. The molecule has 16 heavy (non-hydrogen) atoms. The summed E-state index contributed by atoms with van der Waals surface area (Å²) in [6.45, 7) is -0.557. The van der Waals surface area contributed by atoms with Crippen molar-refractivity contribution in [2.75, 3.05) is 6.67 Å². The van der Waals surface area contributed by atoms with E-state index in [1.165, 1.54) is 12.1 Å². The van der Waals surface area contributed by atoms with Crippen LogP contribution in [0.25, 0.3) is 0 Å². The van der Waals surface area contributed by atoms with E-state index in [4.69, 9.17) is 10.8 Å². The fraction of sp³-hybridized carbons (Fsp3) is 0.364. The standard InChI is InChI=1S/C11H14FNO3/c12-4-3-8-5-9(14)2-1-7(8)6-10(13)11(15)16/h1-2,5,10,14H,3-4,6,13H2,(H,15,16)/t10-/m1/s1. The Balaban J connectivity index is 2.89. The molecule has 0 saturated carbocycles. The lowest BCUT2D eigenvalue weighted by molar-refractivity contribution is -0.138. The number of hydrogen-bond acceptors (Lipinski definition) is 3. The highest BCUT2D eigenvalue weighted by molar-refractivity contribution is 5.73. The van der Waals surface area contributed by atoms with E-state index in [9.17, 15) is 14.3 Å². The number of nitrogens with two attached hydrogens (primary N) is 1. The molecular formula is C11H14FNO3. The normalized spacial score (nSPS) is 12.4. The zero-order chi connectivity index (χ0) is 12.1. The zero-order valence-electron chi connectivity index (χ0n) is 8.69. The van der Waals surface area contributed by atoms with E-state index in [1.54, 1.807) is 6.07 Å². The molecule has 4 nitrogen and oxygen atoms in total. The van der Waals surface area contributed by atoms with E-state index in [1.807, 2.05) is 0 Å². The summed E-state index contributed by atoms with van der Waals surface area (Å²) in [4.78, 5) is 10.6. The van der Waals surface area contributed by atoms with E-state index in [2.05, 4.69) is 0 Å². The number of hydrogen-bond donors (Lipinski definition) is 3. The second kappa shape index (κ2) is 5.46. The third kappa shape index (κ3) is 3.20. The summed E-state index contributed by atoms with van der Waals surface area (Å²) < 4.78 is 12.3. The van der Waals surface area contributed by atoms with Gasteiger partial charge in [0.05, 0.1) is 6.67 Å². The van der Waals surface area contributed by atoms with Gasteiger partial charge in [0, 0.05) is 6.42 Å². The van der Waals surface area contributed by atoms with Gasteiger partial charge in [-0.3, -0.25) is 9.18 Å². The van der Waals surface area contributed by atoms with Crippen LogP contribution in [0.1, 0.15) is 11.1 Å². The van der Waals surface area contributed by atoms with Crippen LogP contribution in [0.3, 0.4) is 0 Å². The molecule has 0 saturated heterocycles. The van der Waals surface area contributed by atoms with Gasteiger partial charge in [0.25, 0.3) is 0 Å². The maximum atomic E-state index is 12.3. The first kappa shape index (κ1) is 12.4. The van der Waals surface area contributed by atoms with E-state index >= 15 is 0 Å². The average Bonchev–Trinajstić information content (AvgIpc) is 2.22. The van der Waals surface area contributed by atoms with Gasteiger partial charge in [-0.05, 0) is 29.7 Å². The molecule has 1 atom stereocenters. The van der Waals surface area contributed by atoms with Crippen molar-refractivity contribution in [1.82, 2.24) is 0 Å². The van der Waals surface area contributed by atoms with Crippen LogP contribution >= 0.6 is 0 Å². The topological polar surface area (TPSA) is 83.5 Å². The fourth-order valence-electron chi connectivity index (χ4n) is 1.47. The summed E-state index contributed by atoms with van der Waals surface area (Å²) in [5.41, 5.74) is 6.65. The van der Waals surface area contributed by atoms with Crippen LogP contribution in [-0.4, -0.2) is 28.9 Å². The number of carboxylic acids is 1. The summed E-state index contributed by atoms with van der Waals surface area (Å²) in [6.07, 6.45) is 0.279. The summed E-state index contributed by atoms with van der Waals surface area (Å²) in [5, 5.41) is 17.9. The van der Waals surface area contributed by atoms with Crippen LogP contribution in [0.2, 0.25) is 0 Å². The lowest BCUT2D eigenvalue weighted by Crippen LogP contribution is -2.32. The highest BCUT2D eigenvalue weighted by Crippen LogP contribution is 2.18. The molecule has 0 spiro atoms. The first-order valence-electron chi connectivity index (χ1n) is 4.89. The lowest BCUT2D eigenvalue weighted by atomic mass is 9.98. The van der Waals surface area contributed by atoms with Gasteiger partial charge in [-0.1, -0.05) is 6.07 Å².